The summed E-state index contributed by atoms with van der Waals surface area (Å²) in [4.78, 5) is 31.3. The number of benzene rings is 2. The Bertz CT molecular complexity index is 1230. The van der Waals surface area contributed by atoms with Gasteiger partial charge in [0.05, 0.1) is 17.1 Å². The lowest BCUT2D eigenvalue weighted by Gasteiger charge is -2.40. The fraction of sp³-hybridized carbons (Fsp3) is 0.379. The zero-order chi connectivity index (χ0) is 24.5. The number of hydrogen-bond donors (Lipinski definition) is 0. The van der Waals surface area contributed by atoms with Crippen LogP contribution in [0.2, 0.25) is 5.02 Å². The minimum atomic E-state index is -0.343. The maximum atomic E-state index is 14.2. The number of carbonyl (C=O) groups is 2. The maximum absolute atomic E-state index is 14.2. The summed E-state index contributed by atoms with van der Waals surface area (Å²) in [5, 5.41) is 0.628. The summed E-state index contributed by atoms with van der Waals surface area (Å²) in [5.74, 6) is 0.0438. The Labute approximate surface area is 212 Å². The molecule has 2 heterocycles. The van der Waals surface area contributed by atoms with Crippen molar-refractivity contribution in [3.63, 3.8) is 0 Å². The van der Waals surface area contributed by atoms with E-state index in [2.05, 4.69) is 10.6 Å². The van der Waals surface area contributed by atoms with Gasteiger partial charge in [0.15, 0.2) is 0 Å². The number of rotatable bonds is 5. The van der Waals surface area contributed by atoms with E-state index < -0.39 is 0 Å². The molecule has 0 N–H and O–H groups in total. The van der Waals surface area contributed by atoms with Crippen LogP contribution in [0.5, 0.6) is 0 Å². The van der Waals surface area contributed by atoms with Gasteiger partial charge in [0, 0.05) is 23.2 Å². The third kappa shape index (κ3) is 4.50. The van der Waals surface area contributed by atoms with Crippen molar-refractivity contribution in [1.82, 2.24) is 9.47 Å². The number of amides is 2. The number of aromatic nitrogens is 1. The van der Waals surface area contributed by atoms with Gasteiger partial charge in [-0.25, -0.2) is 0 Å². The molecule has 1 fully saturated rings. The van der Waals surface area contributed by atoms with E-state index in [0.29, 0.717) is 5.02 Å². The zero-order valence-corrected chi connectivity index (χ0v) is 21.1. The minimum Gasteiger partial charge on any atom is -0.331 e. The van der Waals surface area contributed by atoms with Gasteiger partial charge in [-0.3, -0.25) is 14.5 Å². The van der Waals surface area contributed by atoms with Crippen LogP contribution >= 0.6 is 11.6 Å². The molecule has 2 aromatic carbocycles. The van der Waals surface area contributed by atoms with Crippen LogP contribution in [0.3, 0.4) is 0 Å². The Kier molecular flexibility index (Phi) is 6.70. The first-order chi connectivity index (χ1) is 17.0. The van der Waals surface area contributed by atoms with Crippen molar-refractivity contribution in [3.8, 4) is 5.69 Å². The van der Waals surface area contributed by atoms with Gasteiger partial charge in [0.2, 0.25) is 11.8 Å². The highest BCUT2D eigenvalue weighted by atomic mass is 35.5. The van der Waals surface area contributed by atoms with E-state index in [-0.39, 0.29) is 36.4 Å². The zero-order valence-electron chi connectivity index (χ0n) is 20.4. The average molecular weight is 490 g/mol. The molecule has 1 aromatic heterocycles. The van der Waals surface area contributed by atoms with Crippen molar-refractivity contribution in [2.24, 2.45) is 5.92 Å². The molecule has 3 aromatic rings. The van der Waals surface area contributed by atoms with Crippen LogP contribution in [0.25, 0.3) is 5.69 Å². The molecule has 0 saturated heterocycles. The smallest absolute Gasteiger partial charge is 0.247 e. The SMILES string of the molecule is CC(C)N(CC(=O)N1c2ccccc2-n2cccc2C1c1cccc(Cl)c1)C(=O)C1CCCCC1. The largest absolute Gasteiger partial charge is 0.331 e. The monoisotopic (exact) mass is 489 g/mol. The second-order valence-electron chi connectivity index (χ2n) is 9.91. The van der Waals surface area contributed by atoms with E-state index in [1.807, 2.05) is 79.5 Å². The second-order valence-corrected chi connectivity index (χ2v) is 10.3. The molecule has 2 amide bonds. The van der Waals surface area contributed by atoms with Gasteiger partial charge in [-0.1, -0.05) is 55.1 Å². The average Bonchev–Trinajstić information content (AvgIpc) is 3.36. The lowest BCUT2D eigenvalue weighted by Crippen LogP contribution is -2.50. The van der Waals surface area contributed by atoms with E-state index in [4.69, 9.17) is 11.6 Å². The predicted molar refractivity (Wildman–Crippen MR) is 140 cm³/mol. The number of para-hydroxylation sites is 2. The number of carbonyl (C=O) groups excluding carboxylic acids is 2. The third-order valence-electron chi connectivity index (χ3n) is 7.32. The highest BCUT2D eigenvalue weighted by Crippen LogP contribution is 2.42. The lowest BCUT2D eigenvalue weighted by atomic mass is 9.88. The highest BCUT2D eigenvalue weighted by molar-refractivity contribution is 6.30. The first kappa shape index (κ1) is 23.7. The highest BCUT2D eigenvalue weighted by Gasteiger charge is 2.38. The van der Waals surface area contributed by atoms with Gasteiger partial charge in [-0.15, -0.1) is 0 Å². The molecule has 6 heteroatoms. The molecule has 5 nitrogen and oxygen atoms in total. The molecule has 182 valence electrons. The molecule has 35 heavy (non-hydrogen) atoms. The normalized spacial score (nSPS) is 17.7. The van der Waals surface area contributed by atoms with Crippen molar-refractivity contribution in [3.05, 3.63) is 83.1 Å². The Morgan fingerprint density at radius 2 is 1.71 bits per heavy atom. The molecule has 0 radical (unpaired) electrons. The topological polar surface area (TPSA) is 45.6 Å². The number of anilines is 1. The van der Waals surface area contributed by atoms with E-state index in [1.54, 1.807) is 4.90 Å². The second kappa shape index (κ2) is 9.90. The van der Waals surface area contributed by atoms with Gasteiger partial charge in [-0.05, 0) is 68.7 Å². The predicted octanol–water partition coefficient (Wildman–Crippen LogP) is 6.38. The summed E-state index contributed by atoms with van der Waals surface area (Å²) >= 11 is 6.38. The Morgan fingerprint density at radius 1 is 0.971 bits per heavy atom. The van der Waals surface area contributed by atoms with Crippen LogP contribution in [-0.2, 0) is 9.59 Å². The molecule has 2 aliphatic rings. The lowest BCUT2D eigenvalue weighted by molar-refractivity contribution is -0.141. The number of fused-ring (bicyclic) bond motifs is 3. The molecule has 5 rings (SSSR count). The molecule has 0 bridgehead atoms. The van der Waals surface area contributed by atoms with E-state index in [0.717, 1.165) is 48.3 Å². The fourth-order valence-corrected chi connectivity index (χ4v) is 5.77. The van der Waals surface area contributed by atoms with Gasteiger partial charge in [0.1, 0.15) is 12.6 Å². The summed E-state index contributed by atoms with van der Waals surface area (Å²) in [6, 6.07) is 19.3. The van der Waals surface area contributed by atoms with E-state index in [1.165, 1.54) is 6.42 Å². The van der Waals surface area contributed by atoms with Crippen LogP contribution in [0, 0.1) is 5.92 Å². The van der Waals surface area contributed by atoms with Crippen LogP contribution in [0.4, 0.5) is 5.69 Å². The van der Waals surface area contributed by atoms with E-state index in [9.17, 15) is 9.59 Å². The van der Waals surface area contributed by atoms with Crippen LogP contribution < -0.4 is 4.90 Å². The van der Waals surface area contributed by atoms with Crippen molar-refractivity contribution in [2.75, 3.05) is 11.4 Å². The minimum absolute atomic E-state index is 0.0218. The molecular formula is C29H32ClN3O2. The first-order valence-electron chi connectivity index (χ1n) is 12.6. The molecular weight excluding hydrogens is 458 g/mol. The number of nitrogens with zero attached hydrogens (tertiary/aromatic N) is 3. The summed E-state index contributed by atoms with van der Waals surface area (Å²) in [7, 11) is 0. The quantitative estimate of drug-likeness (QED) is 0.417. The van der Waals surface area contributed by atoms with Crippen molar-refractivity contribution >= 4 is 29.1 Å². The summed E-state index contributed by atoms with van der Waals surface area (Å²) in [5.41, 5.74) is 3.72. The van der Waals surface area contributed by atoms with Gasteiger partial charge in [0.25, 0.3) is 0 Å². The molecule has 1 saturated carbocycles. The molecule has 1 aliphatic heterocycles. The number of halogens is 1. The Hall–Kier alpha value is -3.05. The van der Waals surface area contributed by atoms with Crippen molar-refractivity contribution in [2.45, 2.75) is 58.0 Å². The standard InChI is InChI=1S/C29H32ClN3O2/c1-20(2)32(29(35)21-10-4-3-5-11-21)19-27(34)33-25-15-7-6-14-24(25)31-17-9-16-26(31)28(33)22-12-8-13-23(30)18-22/h6-9,12-18,20-21,28H,3-5,10-11,19H2,1-2H3. The first-order valence-corrected chi connectivity index (χ1v) is 13.0. The molecule has 1 atom stereocenters. The summed E-state index contributed by atoms with van der Waals surface area (Å²) < 4.78 is 2.14. The third-order valence-corrected chi connectivity index (χ3v) is 7.55. The molecule has 1 unspecified atom stereocenters. The van der Waals surface area contributed by atoms with Crippen LogP contribution in [0.15, 0.2) is 66.9 Å². The van der Waals surface area contributed by atoms with Gasteiger partial charge >= 0.3 is 0 Å². The molecule has 0 spiro atoms. The fourth-order valence-electron chi connectivity index (χ4n) is 5.58. The van der Waals surface area contributed by atoms with Gasteiger partial charge < -0.3 is 9.47 Å². The van der Waals surface area contributed by atoms with E-state index >= 15 is 0 Å². The Morgan fingerprint density at radius 3 is 2.43 bits per heavy atom. The Balaban J connectivity index is 1.55. The van der Waals surface area contributed by atoms with Crippen molar-refractivity contribution < 1.29 is 9.59 Å². The maximum Gasteiger partial charge on any atom is 0.247 e. The summed E-state index contributed by atoms with van der Waals surface area (Å²) in [6.45, 7) is 4.05. The summed E-state index contributed by atoms with van der Waals surface area (Å²) in [6.07, 6.45) is 7.23. The molecule has 1 aliphatic carbocycles. The number of hydrogen-bond acceptors (Lipinski definition) is 2. The van der Waals surface area contributed by atoms with Crippen LogP contribution in [0.1, 0.15) is 63.3 Å². The van der Waals surface area contributed by atoms with Crippen molar-refractivity contribution in [1.29, 1.82) is 0 Å². The van der Waals surface area contributed by atoms with Gasteiger partial charge in [-0.2, -0.15) is 0 Å². The van der Waals surface area contributed by atoms with Crippen LogP contribution in [-0.4, -0.2) is 33.9 Å².